The average molecular weight is 462 g/mol. The second kappa shape index (κ2) is 7.91. The van der Waals surface area contributed by atoms with Gasteiger partial charge in [0.2, 0.25) is 5.09 Å². The highest BCUT2D eigenvalue weighted by Crippen LogP contribution is 2.23. The molecule has 11 heteroatoms. The molecule has 2 N–H and O–H groups in total. The second-order valence-electron chi connectivity index (χ2n) is 5.60. The lowest BCUT2D eigenvalue weighted by atomic mass is 10.2. The van der Waals surface area contributed by atoms with Crippen LogP contribution in [0.2, 0.25) is 0 Å². The molecule has 0 radical (unpaired) electrons. The van der Waals surface area contributed by atoms with Gasteiger partial charge in [0.05, 0.1) is 8.66 Å². The van der Waals surface area contributed by atoms with Crippen LogP contribution >= 0.6 is 27.3 Å². The van der Waals surface area contributed by atoms with Crippen LogP contribution in [0.3, 0.4) is 0 Å². The molecule has 0 atom stereocenters. The summed E-state index contributed by atoms with van der Waals surface area (Å²) in [6, 6.07) is 5.83. The van der Waals surface area contributed by atoms with Crippen LogP contribution in [0.25, 0.3) is 0 Å². The Hall–Kier alpha value is -1.69. The molecule has 0 saturated carbocycles. The van der Waals surface area contributed by atoms with E-state index in [1.807, 2.05) is 0 Å². The van der Waals surface area contributed by atoms with E-state index in [9.17, 15) is 18.0 Å². The fourth-order valence-corrected chi connectivity index (χ4v) is 5.20. The van der Waals surface area contributed by atoms with Crippen molar-refractivity contribution in [2.45, 2.75) is 24.4 Å². The standard InChI is InChI=1S/C15H16BrN3O5S2/c16-12-6-5-11(25-12)15(21)18-17-14(20)10-4-7-13(24-10)26(22,23)19-8-2-1-3-9-19/h4-7H,1-3,8-9H2,(H,17,20)(H,18,21). The number of carbonyl (C=O) groups excluding carboxylic acids is 2. The van der Waals surface area contributed by atoms with Gasteiger partial charge in [0, 0.05) is 13.1 Å². The molecule has 0 aromatic carbocycles. The van der Waals surface area contributed by atoms with Gasteiger partial charge in [-0.25, -0.2) is 8.42 Å². The number of sulfonamides is 1. The Kier molecular flexibility index (Phi) is 5.80. The average Bonchev–Trinajstić information content (AvgIpc) is 3.30. The molecule has 2 amide bonds. The molecule has 1 saturated heterocycles. The van der Waals surface area contributed by atoms with E-state index in [1.165, 1.54) is 27.8 Å². The summed E-state index contributed by atoms with van der Waals surface area (Å²) in [5, 5.41) is -0.280. The van der Waals surface area contributed by atoms with E-state index in [1.54, 1.807) is 12.1 Å². The Labute approximate surface area is 162 Å². The lowest BCUT2D eigenvalue weighted by molar-refractivity contribution is 0.0829. The molecule has 3 rings (SSSR count). The number of carbonyl (C=O) groups is 2. The zero-order valence-corrected chi connectivity index (χ0v) is 16.7. The number of piperidine rings is 1. The van der Waals surface area contributed by atoms with Crippen LogP contribution in [0.4, 0.5) is 0 Å². The Balaban J connectivity index is 1.63. The van der Waals surface area contributed by atoms with Crippen LogP contribution in [0.5, 0.6) is 0 Å². The van der Waals surface area contributed by atoms with E-state index in [-0.39, 0.29) is 10.9 Å². The maximum Gasteiger partial charge on any atom is 0.305 e. The molecule has 8 nitrogen and oxygen atoms in total. The van der Waals surface area contributed by atoms with Gasteiger partial charge < -0.3 is 4.42 Å². The third-order valence-electron chi connectivity index (χ3n) is 3.80. The first-order valence-corrected chi connectivity index (χ1v) is 10.9. The molecule has 1 aliphatic rings. The first kappa shape index (κ1) is 19.1. The van der Waals surface area contributed by atoms with E-state index >= 15 is 0 Å². The number of amides is 2. The van der Waals surface area contributed by atoms with Gasteiger partial charge in [-0.15, -0.1) is 11.3 Å². The van der Waals surface area contributed by atoms with Crippen molar-refractivity contribution in [3.05, 3.63) is 38.7 Å². The zero-order chi connectivity index (χ0) is 18.7. The number of furan rings is 1. The van der Waals surface area contributed by atoms with E-state index in [4.69, 9.17) is 4.42 Å². The molecule has 2 aromatic heterocycles. The SMILES string of the molecule is O=C(NNC(=O)c1ccc(Br)s1)c1ccc(S(=O)(=O)N2CCCCC2)o1. The van der Waals surface area contributed by atoms with Crippen molar-refractivity contribution in [3.8, 4) is 0 Å². The molecule has 1 aliphatic heterocycles. The van der Waals surface area contributed by atoms with Crippen molar-refractivity contribution in [1.29, 1.82) is 0 Å². The van der Waals surface area contributed by atoms with Gasteiger partial charge in [-0.2, -0.15) is 4.31 Å². The number of hydrazine groups is 1. The summed E-state index contributed by atoms with van der Waals surface area (Å²) in [5.74, 6) is -1.43. The van der Waals surface area contributed by atoms with Gasteiger partial charge in [0.1, 0.15) is 0 Å². The van der Waals surface area contributed by atoms with E-state index in [0.29, 0.717) is 18.0 Å². The third kappa shape index (κ3) is 4.17. The van der Waals surface area contributed by atoms with Crippen LogP contribution in [0.1, 0.15) is 39.5 Å². The van der Waals surface area contributed by atoms with E-state index < -0.39 is 21.8 Å². The molecule has 0 aliphatic carbocycles. The van der Waals surface area contributed by atoms with Crippen LogP contribution in [0.15, 0.2) is 37.6 Å². The minimum absolute atomic E-state index is 0.201. The predicted octanol–water partition coefficient (Wildman–Crippen LogP) is 2.35. The van der Waals surface area contributed by atoms with Crippen molar-refractivity contribution >= 4 is 49.1 Å². The molecule has 0 unspecified atom stereocenters. The minimum Gasteiger partial charge on any atom is -0.438 e. The summed E-state index contributed by atoms with van der Waals surface area (Å²) in [6.07, 6.45) is 2.61. The van der Waals surface area contributed by atoms with Gasteiger partial charge in [0.25, 0.3) is 15.9 Å². The van der Waals surface area contributed by atoms with Crippen LogP contribution in [-0.2, 0) is 10.0 Å². The van der Waals surface area contributed by atoms with Gasteiger partial charge in [-0.05, 0) is 53.0 Å². The largest absolute Gasteiger partial charge is 0.438 e. The van der Waals surface area contributed by atoms with Crippen molar-refractivity contribution in [1.82, 2.24) is 15.2 Å². The number of nitrogens with one attached hydrogen (secondary N) is 2. The summed E-state index contributed by atoms with van der Waals surface area (Å²) in [5.41, 5.74) is 4.45. The molecule has 26 heavy (non-hydrogen) atoms. The van der Waals surface area contributed by atoms with Crippen molar-refractivity contribution < 1.29 is 22.4 Å². The highest BCUT2D eigenvalue weighted by molar-refractivity contribution is 9.11. The molecule has 2 aromatic rings. The van der Waals surface area contributed by atoms with Gasteiger partial charge >= 0.3 is 5.91 Å². The maximum absolute atomic E-state index is 12.5. The van der Waals surface area contributed by atoms with Crippen molar-refractivity contribution in [2.75, 3.05) is 13.1 Å². The number of rotatable bonds is 4. The Morgan fingerprint density at radius 2 is 1.73 bits per heavy atom. The van der Waals surface area contributed by atoms with Crippen molar-refractivity contribution in [2.24, 2.45) is 0 Å². The first-order chi connectivity index (χ1) is 12.4. The Morgan fingerprint density at radius 3 is 2.38 bits per heavy atom. The molecular weight excluding hydrogens is 446 g/mol. The number of hydrogen-bond acceptors (Lipinski definition) is 6. The summed E-state index contributed by atoms with van der Waals surface area (Å²) in [6.45, 7) is 0.883. The van der Waals surface area contributed by atoms with Crippen LogP contribution in [-0.4, -0.2) is 37.6 Å². The summed E-state index contributed by atoms with van der Waals surface area (Å²) in [4.78, 5) is 24.4. The lowest BCUT2D eigenvalue weighted by Gasteiger charge is -2.24. The zero-order valence-electron chi connectivity index (χ0n) is 13.5. The van der Waals surface area contributed by atoms with Gasteiger partial charge in [-0.3, -0.25) is 20.4 Å². The molecule has 1 fully saturated rings. The van der Waals surface area contributed by atoms with E-state index in [0.717, 1.165) is 23.0 Å². The number of halogens is 1. The Morgan fingerprint density at radius 1 is 1.04 bits per heavy atom. The second-order valence-corrected chi connectivity index (χ2v) is 9.93. The fraction of sp³-hybridized carbons (Fsp3) is 0.333. The molecule has 0 spiro atoms. The van der Waals surface area contributed by atoms with Crippen molar-refractivity contribution in [3.63, 3.8) is 0 Å². The normalized spacial score (nSPS) is 15.6. The predicted molar refractivity (Wildman–Crippen MR) is 98.3 cm³/mol. The molecule has 3 heterocycles. The first-order valence-electron chi connectivity index (χ1n) is 7.84. The number of hydrogen-bond donors (Lipinski definition) is 2. The third-order valence-corrected chi connectivity index (χ3v) is 7.20. The highest BCUT2D eigenvalue weighted by atomic mass is 79.9. The summed E-state index contributed by atoms with van der Waals surface area (Å²) < 4.78 is 32.4. The van der Waals surface area contributed by atoms with Crippen LogP contribution in [0, 0.1) is 0 Å². The Bertz CT molecular complexity index is 915. The van der Waals surface area contributed by atoms with Gasteiger partial charge in [0.15, 0.2) is 5.76 Å². The highest BCUT2D eigenvalue weighted by Gasteiger charge is 2.29. The smallest absolute Gasteiger partial charge is 0.305 e. The molecule has 0 bridgehead atoms. The topological polar surface area (TPSA) is 109 Å². The number of nitrogens with zero attached hydrogens (tertiary/aromatic N) is 1. The quantitative estimate of drug-likeness (QED) is 0.679. The minimum atomic E-state index is -3.75. The summed E-state index contributed by atoms with van der Waals surface area (Å²) in [7, 11) is -3.75. The van der Waals surface area contributed by atoms with Crippen LogP contribution < -0.4 is 10.9 Å². The monoisotopic (exact) mass is 461 g/mol. The fourth-order valence-electron chi connectivity index (χ4n) is 2.49. The number of thiophene rings is 1. The van der Waals surface area contributed by atoms with E-state index in [2.05, 4.69) is 26.8 Å². The molecule has 140 valence electrons. The summed E-state index contributed by atoms with van der Waals surface area (Å²) >= 11 is 4.46. The van der Waals surface area contributed by atoms with Gasteiger partial charge in [-0.1, -0.05) is 6.42 Å². The maximum atomic E-state index is 12.5. The molecular formula is C15H16BrN3O5S2. The lowest BCUT2D eigenvalue weighted by Crippen LogP contribution is -2.41.